The summed E-state index contributed by atoms with van der Waals surface area (Å²) in [5.41, 5.74) is 3.09. The highest BCUT2D eigenvalue weighted by Crippen LogP contribution is 2.28. The topological polar surface area (TPSA) is 58.6 Å². The molecule has 28 heavy (non-hydrogen) atoms. The Kier molecular flexibility index (Phi) is 6.62. The molecular formula is C22H26N2O3S. The van der Waals surface area contributed by atoms with Gasteiger partial charge in [-0.25, -0.2) is 0 Å². The number of hydrogen-bond donors (Lipinski definition) is 1. The smallest absolute Gasteiger partial charge is 0.227 e. The van der Waals surface area contributed by atoms with E-state index in [0.717, 1.165) is 27.5 Å². The van der Waals surface area contributed by atoms with Crippen LogP contribution in [0.25, 0.3) is 0 Å². The highest BCUT2D eigenvalue weighted by molar-refractivity contribution is 7.98. The average Bonchev–Trinajstić information content (AvgIpc) is 3.10. The minimum atomic E-state index is -0.315. The van der Waals surface area contributed by atoms with Crippen LogP contribution in [0.1, 0.15) is 17.5 Å². The van der Waals surface area contributed by atoms with Gasteiger partial charge >= 0.3 is 0 Å². The fraction of sp³-hybridized carbons (Fsp3) is 0.364. The highest BCUT2D eigenvalue weighted by atomic mass is 32.2. The number of carbonyl (C=O) groups is 2. The van der Waals surface area contributed by atoms with Crippen molar-refractivity contribution in [3.63, 3.8) is 0 Å². The average molecular weight is 399 g/mol. The number of amides is 2. The number of carbonyl (C=O) groups excluding carboxylic acids is 2. The molecule has 2 aromatic rings. The molecule has 1 N–H and O–H groups in total. The number of aryl methyl sites for hydroxylation is 1. The molecule has 3 rings (SSSR count). The molecule has 2 amide bonds. The summed E-state index contributed by atoms with van der Waals surface area (Å²) in [6.07, 6.45) is 2.95. The summed E-state index contributed by atoms with van der Waals surface area (Å²) in [5, 5.41) is 2.98. The molecule has 0 radical (unpaired) electrons. The van der Waals surface area contributed by atoms with Gasteiger partial charge in [0.2, 0.25) is 11.8 Å². The van der Waals surface area contributed by atoms with E-state index in [-0.39, 0.29) is 24.2 Å². The number of rotatable bonds is 7. The van der Waals surface area contributed by atoms with Gasteiger partial charge in [-0.05, 0) is 49.4 Å². The molecule has 5 nitrogen and oxygen atoms in total. The molecule has 1 fully saturated rings. The SMILES string of the molecule is COc1ccc(C)cc1CCNC(=O)[C@@H]1CC(=O)N(c2cccc(SC)c2)C1. The first-order chi connectivity index (χ1) is 13.5. The zero-order valence-corrected chi connectivity index (χ0v) is 17.3. The molecule has 148 valence electrons. The van der Waals surface area contributed by atoms with E-state index in [1.54, 1.807) is 23.8 Å². The second-order valence-corrected chi connectivity index (χ2v) is 7.84. The van der Waals surface area contributed by atoms with Gasteiger partial charge < -0.3 is 15.0 Å². The van der Waals surface area contributed by atoms with Crippen LogP contribution >= 0.6 is 11.8 Å². The maximum Gasteiger partial charge on any atom is 0.227 e. The summed E-state index contributed by atoms with van der Waals surface area (Å²) in [7, 11) is 1.65. The Bertz CT molecular complexity index is 869. The van der Waals surface area contributed by atoms with E-state index in [4.69, 9.17) is 4.74 Å². The first-order valence-electron chi connectivity index (χ1n) is 9.37. The van der Waals surface area contributed by atoms with Crippen molar-refractivity contribution in [3.8, 4) is 5.75 Å². The largest absolute Gasteiger partial charge is 0.496 e. The van der Waals surface area contributed by atoms with Crippen LogP contribution in [0.3, 0.4) is 0 Å². The molecule has 2 aromatic carbocycles. The molecule has 1 aliphatic rings. The zero-order valence-electron chi connectivity index (χ0n) is 16.5. The maximum absolute atomic E-state index is 12.6. The second-order valence-electron chi connectivity index (χ2n) is 6.96. The monoisotopic (exact) mass is 398 g/mol. The van der Waals surface area contributed by atoms with Crippen molar-refractivity contribution in [2.24, 2.45) is 5.92 Å². The maximum atomic E-state index is 12.6. The fourth-order valence-corrected chi connectivity index (χ4v) is 3.93. The summed E-state index contributed by atoms with van der Waals surface area (Å²) in [4.78, 5) is 27.8. The Morgan fingerprint density at radius 1 is 1.29 bits per heavy atom. The van der Waals surface area contributed by atoms with Gasteiger partial charge in [-0.15, -0.1) is 11.8 Å². The predicted molar refractivity (Wildman–Crippen MR) is 113 cm³/mol. The van der Waals surface area contributed by atoms with Crippen molar-refractivity contribution in [3.05, 3.63) is 53.6 Å². The van der Waals surface area contributed by atoms with Crippen LogP contribution in [0, 0.1) is 12.8 Å². The van der Waals surface area contributed by atoms with Crippen molar-refractivity contribution >= 4 is 29.3 Å². The standard InChI is InChI=1S/C22H26N2O3S/c1-15-7-8-20(27-2)16(11-15)9-10-23-22(26)17-12-21(25)24(14-17)18-5-4-6-19(13-18)28-3/h4-8,11,13,17H,9-10,12,14H2,1-3H3,(H,23,26)/t17-/m1/s1. The Labute approximate surface area is 170 Å². The number of ether oxygens (including phenoxy) is 1. The predicted octanol–water partition coefficient (Wildman–Crippen LogP) is 3.44. The number of methoxy groups -OCH3 is 1. The zero-order chi connectivity index (χ0) is 20.1. The molecule has 0 bridgehead atoms. The van der Waals surface area contributed by atoms with E-state index in [0.29, 0.717) is 19.5 Å². The van der Waals surface area contributed by atoms with Crippen LogP contribution < -0.4 is 15.0 Å². The van der Waals surface area contributed by atoms with Crippen molar-refractivity contribution < 1.29 is 14.3 Å². The molecule has 0 aromatic heterocycles. The van der Waals surface area contributed by atoms with E-state index in [1.807, 2.05) is 49.6 Å². The van der Waals surface area contributed by atoms with Gasteiger partial charge in [0, 0.05) is 30.1 Å². The minimum Gasteiger partial charge on any atom is -0.496 e. The molecule has 0 saturated carbocycles. The van der Waals surface area contributed by atoms with Gasteiger partial charge in [0.1, 0.15) is 5.75 Å². The lowest BCUT2D eigenvalue weighted by molar-refractivity contribution is -0.126. The lowest BCUT2D eigenvalue weighted by Crippen LogP contribution is -2.34. The molecule has 0 aliphatic carbocycles. The van der Waals surface area contributed by atoms with Crippen LogP contribution in [0.2, 0.25) is 0 Å². The lowest BCUT2D eigenvalue weighted by atomic mass is 10.1. The van der Waals surface area contributed by atoms with E-state index in [9.17, 15) is 9.59 Å². The molecule has 1 saturated heterocycles. The van der Waals surface area contributed by atoms with Crippen molar-refractivity contribution in [2.75, 3.05) is 31.4 Å². The molecule has 1 aliphatic heterocycles. The molecular weight excluding hydrogens is 372 g/mol. The lowest BCUT2D eigenvalue weighted by Gasteiger charge is -2.17. The van der Waals surface area contributed by atoms with Gasteiger partial charge in [0.15, 0.2) is 0 Å². The number of benzene rings is 2. The van der Waals surface area contributed by atoms with E-state index in [2.05, 4.69) is 11.4 Å². The fourth-order valence-electron chi connectivity index (χ4n) is 3.48. The van der Waals surface area contributed by atoms with E-state index in [1.165, 1.54) is 0 Å². The summed E-state index contributed by atoms with van der Waals surface area (Å²) in [5.74, 6) is 0.447. The summed E-state index contributed by atoms with van der Waals surface area (Å²) >= 11 is 1.64. The van der Waals surface area contributed by atoms with Crippen LogP contribution in [-0.2, 0) is 16.0 Å². The summed E-state index contributed by atoms with van der Waals surface area (Å²) in [6, 6.07) is 13.9. The highest BCUT2D eigenvalue weighted by Gasteiger charge is 2.35. The van der Waals surface area contributed by atoms with Crippen LogP contribution in [-0.4, -0.2) is 38.3 Å². The molecule has 1 atom stereocenters. The Morgan fingerprint density at radius 2 is 2.11 bits per heavy atom. The summed E-state index contributed by atoms with van der Waals surface area (Å²) < 4.78 is 5.39. The van der Waals surface area contributed by atoms with Gasteiger partial charge in [-0.1, -0.05) is 23.8 Å². The Morgan fingerprint density at radius 3 is 2.86 bits per heavy atom. The minimum absolute atomic E-state index is 0.00115. The quantitative estimate of drug-likeness (QED) is 0.726. The van der Waals surface area contributed by atoms with Gasteiger partial charge in [-0.3, -0.25) is 9.59 Å². The van der Waals surface area contributed by atoms with Crippen molar-refractivity contribution in [1.82, 2.24) is 5.32 Å². The van der Waals surface area contributed by atoms with E-state index >= 15 is 0 Å². The number of nitrogens with zero attached hydrogens (tertiary/aromatic N) is 1. The Hall–Kier alpha value is -2.47. The number of hydrogen-bond acceptors (Lipinski definition) is 4. The third kappa shape index (κ3) is 4.68. The Balaban J connectivity index is 1.57. The van der Waals surface area contributed by atoms with Gasteiger partial charge in [-0.2, -0.15) is 0 Å². The normalized spacial score (nSPS) is 16.3. The molecule has 0 unspecified atom stereocenters. The molecule has 6 heteroatoms. The third-order valence-corrected chi connectivity index (χ3v) is 5.72. The number of nitrogens with one attached hydrogen (secondary N) is 1. The molecule has 0 spiro atoms. The van der Waals surface area contributed by atoms with Crippen LogP contribution in [0.4, 0.5) is 5.69 Å². The third-order valence-electron chi connectivity index (χ3n) is 4.99. The van der Waals surface area contributed by atoms with E-state index < -0.39 is 0 Å². The second kappa shape index (κ2) is 9.15. The summed E-state index contributed by atoms with van der Waals surface area (Å²) in [6.45, 7) is 2.98. The van der Waals surface area contributed by atoms with Gasteiger partial charge in [0.05, 0.1) is 13.0 Å². The first-order valence-corrected chi connectivity index (χ1v) is 10.6. The van der Waals surface area contributed by atoms with Gasteiger partial charge in [0.25, 0.3) is 0 Å². The number of thioether (sulfide) groups is 1. The van der Waals surface area contributed by atoms with Crippen LogP contribution in [0.15, 0.2) is 47.4 Å². The molecule has 1 heterocycles. The van der Waals surface area contributed by atoms with Crippen molar-refractivity contribution in [2.45, 2.75) is 24.7 Å². The number of anilines is 1. The first kappa shape index (κ1) is 20.3. The van der Waals surface area contributed by atoms with Crippen LogP contribution in [0.5, 0.6) is 5.75 Å². The van der Waals surface area contributed by atoms with Crippen molar-refractivity contribution in [1.29, 1.82) is 0 Å².